The van der Waals surface area contributed by atoms with Gasteiger partial charge < -0.3 is 5.32 Å². The highest BCUT2D eigenvalue weighted by Crippen LogP contribution is 2.34. The minimum absolute atomic E-state index is 0.404. The van der Waals surface area contributed by atoms with Crippen LogP contribution < -0.4 is 9.62 Å². The van der Waals surface area contributed by atoms with Gasteiger partial charge in [-0.05, 0) is 24.3 Å². The van der Waals surface area contributed by atoms with Gasteiger partial charge in [0.05, 0.1) is 22.7 Å². The van der Waals surface area contributed by atoms with E-state index in [9.17, 15) is 26.4 Å². The summed E-state index contributed by atoms with van der Waals surface area (Å²) in [7, 11) is -2.44. The molecule has 2 aromatic carbocycles. The van der Waals surface area contributed by atoms with Crippen LogP contribution in [-0.2, 0) is 21.0 Å². The molecule has 0 aromatic heterocycles. The van der Waals surface area contributed by atoms with Crippen LogP contribution in [0.4, 0.5) is 24.5 Å². The number of benzene rings is 2. The van der Waals surface area contributed by atoms with Crippen LogP contribution in [0.2, 0.25) is 0 Å². The summed E-state index contributed by atoms with van der Waals surface area (Å²) in [5.41, 5.74) is -0.966. The highest BCUT2D eigenvalue weighted by Gasteiger charge is 2.33. The monoisotopic (exact) mass is 386 g/mol. The quantitative estimate of drug-likeness (QED) is 0.826. The summed E-state index contributed by atoms with van der Waals surface area (Å²) in [5.74, 6) is -1.34. The maximum atomic E-state index is 12.9. The van der Waals surface area contributed by atoms with Crippen LogP contribution in [0, 0.1) is 0 Å². The summed E-state index contributed by atoms with van der Waals surface area (Å²) in [6, 6.07) is 12.8. The number of hydrogen-bond donors (Lipinski definition) is 1. The first-order chi connectivity index (χ1) is 12.1. The Morgan fingerprint density at radius 3 is 2.23 bits per heavy atom. The highest BCUT2D eigenvalue weighted by atomic mass is 32.2. The lowest BCUT2D eigenvalue weighted by Crippen LogP contribution is -2.31. The van der Waals surface area contributed by atoms with Crippen LogP contribution in [0.15, 0.2) is 54.6 Å². The number of rotatable bonds is 6. The summed E-state index contributed by atoms with van der Waals surface area (Å²) in [4.78, 5) is 11.9. The van der Waals surface area contributed by atoms with E-state index in [1.807, 2.05) is 0 Å². The zero-order valence-corrected chi connectivity index (χ0v) is 14.6. The third-order valence-corrected chi connectivity index (χ3v) is 5.40. The molecule has 26 heavy (non-hydrogen) atoms. The zero-order valence-electron chi connectivity index (χ0n) is 13.8. The molecular weight excluding hydrogens is 369 g/mol. The van der Waals surface area contributed by atoms with Crippen molar-refractivity contribution in [2.45, 2.75) is 12.6 Å². The van der Waals surface area contributed by atoms with Gasteiger partial charge in [0.25, 0.3) is 0 Å². The Kier molecular flexibility index (Phi) is 5.91. The second-order valence-electron chi connectivity index (χ2n) is 5.46. The maximum absolute atomic E-state index is 12.9. The normalized spacial score (nSPS) is 11.8. The Hall–Kier alpha value is -2.55. The Bertz CT molecular complexity index is 868. The van der Waals surface area contributed by atoms with E-state index >= 15 is 0 Å². The number of nitrogens with one attached hydrogen (secondary N) is 1. The molecule has 0 unspecified atom stereocenters. The number of carbonyl (C=O) groups excluding carboxylic acids is 1. The predicted molar refractivity (Wildman–Crippen MR) is 93.3 cm³/mol. The molecule has 0 aliphatic carbocycles. The second kappa shape index (κ2) is 7.77. The zero-order chi connectivity index (χ0) is 19.4. The van der Waals surface area contributed by atoms with E-state index in [-0.39, 0.29) is 0 Å². The largest absolute Gasteiger partial charge is 0.418 e. The van der Waals surface area contributed by atoms with Gasteiger partial charge in [0.2, 0.25) is 15.9 Å². The molecule has 0 fully saturated rings. The molecule has 2 rings (SSSR count). The molecule has 0 atom stereocenters. The molecule has 140 valence electrons. The summed E-state index contributed by atoms with van der Waals surface area (Å²) in [6.07, 6.45) is -5.09. The lowest BCUT2D eigenvalue weighted by Gasteiger charge is -2.19. The van der Waals surface area contributed by atoms with E-state index in [2.05, 4.69) is 5.32 Å². The Labute approximate surface area is 149 Å². The van der Waals surface area contributed by atoms with Gasteiger partial charge in [-0.1, -0.05) is 30.3 Å². The number of para-hydroxylation sites is 2. The van der Waals surface area contributed by atoms with E-state index in [1.165, 1.54) is 19.2 Å². The van der Waals surface area contributed by atoms with Gasteiger partial charge in [-0.3, -0.25) is 9.10 Å². The van der Waals surface area contributed by atoms with Crippen molar-refractivity contribution in [2.75, 3.05) is 22.4 Å². The van der Waals surface area contributed by atoms with E-state index in [1.54, 1.807) is 30.3 Å². The smallest absolute Gasteiger partial charge is 0.325 e. The average Bonchev–Trinajstić information content (AvgIpc) is 2.60. The van der Waals surface area contributed by atoms with Crippen molar-refractivity contribution in [3.63, 3.8) is 0 Å². The standard InChI is InChI=1S/C17H17F3N2O3S/c1-22(13-7-3-2-4-8-13)26(24,25)12-11-16(23)21-15-10-6-5-9-14(15)17(18,19)20/h2-10H,11-12H2,1H3,(H,21,23). The van der Waals surface area contributed by atoms with Gasteiger partial charge >= 0.3 is 6.18 Å². The SMILES string of the molecule is CN(c1ccccc1)S(=O)(=O)CCC(=O)Nc1ccccc1C(F)(F)F. The lowest BCUT2D eigenvalue weighted by atomic mass is 10.1. The lowest BCUT2D eigenvalue weighted by molar-refractivity contribution is -0.137. The van der Waals surface area contributed by atoms with Gasteiger partial charge in [-0.15, -0.1) is 0 Å². The van der Waals surface area contributed by atoms with Crippen molar-refractivity contribution < 1.29 is 26.4 Å². The van der Waals surface area contributed by atoms with E-state index < -0.39 is 45.5 Å². The molecule has 0 bridgehead atoms. The van der Waals surface area contributed by atoms with E-state index in [4.69, 9.17) is 0 Å². The van der Waals surface area contributed by atoms with Crippen LogP contribution in [-0.4, -0.2) is 27.1 Å². The van der Waals surface area contributed by atoms with Crippen molar-refractivity contribution in [1.29, 1.82) is 0 Å². The van der Waals surface area contributed by atoms with Crippen molar-refractivity contribution >= 4 is 27.3 Å². The van der Waals surface area contributed by atoms with Gasteiger partial charge in [0, 0.05) is 13.5 Å². The Balaban J connectivity index is 2.03. The molecule has 0 radical (unpaired) electrons. The molecule has 0 aliphatic heterocycles. The molecule has 0 spiro atoms. The van der Waals surface area contributed by atoms with Crippen LogP contribution in [0.25, 0.3) is 0 Å². The minimum atomic E-state index is -4.62. The average molecular weight is 386 g/mol. The minimum Gasteiger partial charge on any atom is -0.325 e. The van der Waals surface area contributed by atoms with Crippen molar-refractivity contribution in [3.8, 4) is 0 Å². The molecule has 1 amide bonds. The van der Waals surface area contributed by atoms with Gasteiger partial charge in [0.15, 0.2) is 0 Å². The number of alkyl halides is 3. The fourth-order valence-electron chi connectivity index (χ4n) is 2.21. The third-order valence-electron chi connectivity index (χ3n) is 3.63. The number of carbonyl (C=O) groups is 1. The van der Waals surface area contributed by atoms with Gasteiger partial charge in [-0.25, -0.2) is 8.42 Å². The van der Waals surface area contributed by atoms with Crippen LogP contribution in [0.3, 0.4) is 0 Å². The van der Waals surface area contributed by atoms with Crippen LogP contribution in [0.5, 0.6) is 0 Å². The number of hydrogen-bond acceptors (Lipinski definition) is 3. The first kappa shape index (κ1) is 19.8. The fraction of sp³-hybridized carbons (Fsp3) is 0.235. The predicted octanol–water partition coefficient (Wildman–Crippen LogP) is 3.50. The molecule has 0 heterocycles. The molecule has 5 nitrogen and oxygen atoms in total. The van der Waals surface area contributed by atoms with Gasteiger partial charge in [0.1, 0.15) is 0 Å². The Morgan fingerprint density at radius 1 is 1.04 bits per heavy atom. The fourth-order valence-corrected chi connectivity index (χ4v) is 3.37. The summed E-state index contributed by atoms with van der Waals surface area (Å²) in [6.45, 7) is 0. The molecule has 1 N–H and O–H groups in total. The molecule has 0 saturated heterocycles. The topological polar surface area (TPSA) is 66.5 Å². The number of halogens is 3. The number of nitrogens with zero attached hydrogens (tertiary/aromatic N) is 1. The summed E-state index contributed by atoms with van der Waals surface area (Å²) in [5, 5.41) is 2.13. The third kappa shape index (κ3) is 4.98. The van der Waals surface area contributed by atoms with Crippen molar-refractivity contribution in [1.82, 2.24) is 0 Å². The van der Waals surface area contributed by atoms with Crippen LogP contribution >= 0.6 is 0 Å². The number of amides is 1. The summed E-state index contributed by atoms with van der Waals surface area (Å²) < 4.78 is 64.3. The number of anilines is 2. The van der Waals surface area contributed by atoms with E-state index in [0.29, 0.717) is 5.69 Å². The first-order valence-electron chi connectivity index (χ1n) is 7.59. The van der Waals surface area contributed by atoms with E-state index in [0.717, 1.165) is 16.4 Å². The number of sulfonamides is 1. The molecule has 2 aromatic rings. The van der Waals surface area contributed by atoms with Crippen molar-refractivity contribution in [3.05, 3.63) is 60.2 Å². The second-order valence-corrected chi connectivity index (χ2v) is 7.58. The first-order valence-corrected chi connectivity index (χ1v) is 9.20. The molecule has 9 heteroatoms. The maximum Gasteiger partial charge on any atom is 0.418 e. The van der Waals surface area contributed by atoms with Crippen LogP contribution in [0.1, 0.15) is 12.0 Å². The molecule has 0 saturated carbocycles. The molecular formula is C17H17F3N2O3S. The van der Waals surface area contributed by atoms with Crippen molar-refractivity contribution in [2.24, 2.45) is 0 Å². The Morgan fingerprint density at radius 2 is 1.62 bits per heavy atom. The highest BCUT2D eigenvalue weighted by molar-refractivity contribution is 7.92. The van der Waals surface area contributed by atoms with Gasteiger partial charge in [-0.2, -0.15) is 13.2 Å². The summed E-state index contributed by atoms with van der Waals surface area (Å²) >= 11 is 0. The molecule has 0 aliphatic rings.